The summed E-state index contributed by atoms with van der Waals surface area (Å²) < 4.78 is 5.95. The van der Waals surface area contributed by atoms with Gasteiger partial charge in [-0.2, -0.15) is 4.98 Å². The van der Waals surface area contributed by atoms with Gasteiger partial charge < -0.3 is 14.2 Å². The normalized spacial score (nSPS) is 28.4. The van der Waals surface area contributed by atoms with Gasteiger partial charge in [0.2, 0.25) is 0 Å². The lowest BCUT2D eigenvalue weighted by Gasteiger charge is -2.46. The van der Waals surface area contributed by atoms with E-state index in [-0.39, 0.29) is 0 Å². The maximum Gasteiger partial charge on any atom is 0.298 e. The summed E-state index contributed by atoms with van der Waals surface area (Å²) in [6.07, 6.45) is 7.08. The van der Waals surface area contributed by atoms with Crippen LogP contribution >= 0.6 is 0 Å². The molecule has 3 saturated heterocycles. The van der Waals surface area contributed by atoms with E-state index in [1.54, 1.807) is 0 Å². The fraction of sp³-hybridized carbons (Fsp3) is 0.667. The first kappa shape index (κ1) is 16.6. The molecule has 0 bridgehead atoms. The lowest BCUT2D eigenvalue weighted by Crippen LogP contribution is -2.54. The number of hydrogen-bond donors (Lipinski definition) is 0. The zero-order valence-corrected chi connectivity index (χ0v) is 15.6. The lowest BCUT2D eigenvalue weighted by atomic mass is 9.83. The van der Waals surface area contributed by atoms with Gasteiger partial charge in [-0.15, -0.1) is 0 Å². The Bertz CT molecular complexity index is 701. The van der Waals surface area contributed by atoms with Crippen molar-refractivity contribution in [1.29, 1.82) is 0 Å². The van der Waals surface area contributed by atoms with Crippen molar-refractivity contribution in [1.82, 2.24) is 14.8 Å². The molecule has 0 saturated carbocycles. The van der Waals surface area contributed by atoms with Crippen LogP contribution in [-0.4, -0.2) is 66.6 Å². The molecule has 3 fully saturated rings. The number of aromatic nitrogens is 1. The molecule has 0 N–H and O–H groups in total. The summed E-state index contributed by atoms with van der Waals surface area (Å²) in [6.45, 7) is 8.26. The van der Waals surface area contributed by atoms with Crippen molar-refractivity contribution < 1.29 is 4.42 Å². The van der Waals surface area contributed by atoms with Gasteiger partial charge in [0.1, 0.15) is 5.52 Å². The first-order valence-electron chi connectivity index (χ1n) is 10.4. The van der Waals surface area contributed by atoms with E-state index in [9.17, 15) is 0 Å². The van der Waals surface area contributed by atoms with Crippen LogP contribution < -0.4 is 4.90 Å². The third kappa shape index (κ3) is 3.23. The molecular formula is C21H30N4O. The van der Waals surface area contributed by atoms with Gasteiger partial charge in [0.25, 0.3) is 6.01 Å². The number of oxazole rings is 1. The number of para-hydroxylation sites is 2. The van der Waals surface area contributed by atoms with Crippen molar-refractivity contribution in [2.24, 2.45) is 5.92 Å². The van der Waals surface area contributed by atoms with Crippen molar-refractivity contribution in [3.05, 3.63) is 24.3 Å². The van der Waals surface area contributed by atoms with E-state index >= 15 is 0 Å². The van der Waals surface area contributed by atoms with Gasteiger partial charge in [0, 0.05) is 38.8 Å². The Morgan fingerprint density at radius 1 is 0.923 bits per heavy atom. The van der Waals surface area contributed by atoms with Crippen LogP contribution in [0.25, 0.3) is 11.1 Å². The Balaban J connectivity index is 1.19. The third-order valence-electron chi connectivity index (χ3n) is 6.65. The van der Waals surface area contributed by atoms with Gasteiger partial charge in [-0.3, -0.25) is 4.90 Å². The molecule has 140 valence electrons. The van der Waals surface area contributed by atoms with E-state index in [1.165, 1.54) is 51.7 Å². The number of piperazine rings is 1. The molecule has 4 heterocycles. The Hall–Kier alpha value is -1.59. The van der Waals surface area contributed by atoms with Gasteiger partial charge in [-0.25, -0.2) is 0 Å². The number of anilines is 1. The summed E-state index contributed by atoms with van der Waals surface area (Å²) >= 11 is 0. The molecular weight excluding hydrogens is 324 g/mol. The summed E-state index contributed by atoms with van der Waals surface area (Å²) in [7, 11) is 0. The van der Waals surface area contributed by atoms with Gasteiger partial charge in [-0.05, 0) is 56.8 Å². The molecule has 5 nitrogen and oxygen atoms in total. The quantitative estimate of drug-likeness (QED) is 0.846. The number of rotatable bonds is 3. The number of benzene rings is 1. The van der Waals surface area contributed by atoms with Gasteiger partial charge in [-0.1, -0.05) is 18.6 Å². The number of nitrogens with zero attached hydrogens (tertiary/aromatic N) is 4. The van der Waals surface area contributed by atoms with Crippen LogP contribution in [0.2, 0.25) is 0 Å². The van der Waals surface area contributed by atoms with Crippen molar-refractivity contribution in [3.63, 3.8) is 0 Å². The summed E-state index contributed by atoms with van der Waals surface area (Å²) in [5, 5.41) is 0. The average molecular weight is 354 g/mol. The summed E-state index contributed by atoms with van der Waals surface area (Å²) in [4.78, 5) is 12.4. The zero-order chi connectivity index (χ0) is 17.3. The van der Waals surface area contributed by atoms with Crippen LogP contribution in [0.15, 0.2) is 28.7 Å². The van der Waals surface area contributed by atoms with E-state index < -0.39 is 0 Å². The van der Waals surface area contributed by atoms with E-state index in [0.717, 1.165) is 55.3 Å². The zero-order valence-electron chi connectivity index (χ0n) is 15.6. The molecule has 3 aliphatic heterocycles. The summed E-state index contributed by atoms with van der Waals surface area (Å²) in [6, 6.07) is 9.70. The van der Waals surface area contributed by atoms with Crippen molar-refractivity contribution in [3.8, 4) is 0 Å². The molecule has 0 spiro atoms. The Kier molecular flexibility index (Phi) is 4.59. The molecule has 5 rings (SSSR count). The van der Waals surface area contributed by atoms with Gasteiger partial charge in [0.15, 0.2) is 5.58 Å². The highest BCUT2D eigenvalue weighted by atomic mass is 16.4. The maximum atomic E-state index is 5.95. The highest BCUT2D eigenvalue weighted by Crippen LogP contribution is 2.32. The topological polar surface area (TPSA) is 35.8 Å². The number of hydrogen-bond acceptors (Lipinski definition) is 5. The highest BCUT2D eigenvalue weighted by molar-refractivity contribution is 5.74. The second-order valence-corrected chi connectivity index (χ2v) is 8.25. The molecule has 0 unspecified atom stereocenters. The molecule has 2 atom stereocenters. The standard InChI is InChI=1S/C21H30N4O/c1-2-9-20-18(7-1)22-21(26-20)25-14-12-23(13-15-25)16-17-6-5-11-24-10-4-3-8-19(17)24/h1-2,7,9,17,19H,3-6,8,10-16H2/t17-,19+/m0/s1. The highest BCUT2D eigenvalue weighted by Gasteiger charge is 2.34. The van der Waals surface area contributed by atoms with Crippen molar-refractivity contribution >= 4 is 17.1 Å². The molecule has 5 heteroatoms. The van der Waals surface area contributed by atoms with Crippen LogP contribution in [0.4, 0.5) is 6.01 Å². The average Bonchev–Trinajstić information content (AvgIpc) is 3.13. The van der Waals surface area contributed by atoms with Crippen molar-refractivity contribution in [2.45, 2.75) is 38.1 Å². The largest absolute Gasteiger partial charge is 0.423 e. The van der Waals surface area contributed by atoms with E-state index in [4.69, 9.17) is 4.42 Å². The molecule has 3 aliphatic rings. The predicted molar refractivity (Wildman–Crippen MR) is 105 cm³/mol. The number of piperidine rings is 2. The monoisotopic (exact) mass is 354 g/mol. The van der Waals surface area contributed by atoms with Crippen LogP contribution in [0.3, 0.4) is 0 Å². The van der Waals surface area contributed by atoms with Crippen LogP contribution in [0, 0.1) is 5.92 Å². The lowest BCUT2D eigenvalue weighted by molar-refractivity contribution is 0.0393. The molecule has 1 aromatic carbocycles. The first-order valence-corrected chi connectivity index (χ1v) is 10.4. The SMILES string of the molecule is c1ccc2oc(N3CCN(C[C@@H]4CCCN5CCCC[C@H]45)CC3)nc2c1. The molecule has 1 aromatic heterocycles. The van der Waals surface area contributed by atoms with E-state index in [1.807, 2.05) is 24.3 Å². The second kappa shape index (κ2) is 7.20. The minimum Gasteiger partial charge on any atom is -0.423 e. The van der Waals surface area contributed by atoms with Crippen molar-refractivity contribution in [2.75, 3.05) is 50.7 Å². The molecule has 0 radical (unpaired) electrons. The second-order valence-electron chi connectivity index (χ2n) is 8.25. The fourth-order valence-corrected chi connectivity index (χ4v) is 5.24. The Labute approximate surface area is 155 Å². The van der Waals surface area contributed by atoms with E-state index in [0.29, 0.717) is 0 Å². The molecule has 0 aliphatic carbocycles. The summed E-state index contributed by atoms with van der Waals surface area (Å²) in [5.74, 6) is 0.875. The maximum absolute atomic E-state index is 5.95. The third-order valence-corrected chi connectivity index (χ3v) is 6.65. The molecule has 0 amide bonds. The minimum absolute atomic E-state index is 0.793. The minimum atomic E-state index is 0.793. The van der Waals surface area contributed by atoms with Crippen LogP contribution in [0.5, 0.6) is 0 Å². The van der Waals surface area contributed by atoms with Crippen LogP contribution in [-0.2, 0) is 0 Å². The fourth-order valence-electron chi connectivity index (χ4n) is 5.24. The van der Waals surface area contributed by atoms with Crippen LogP contribution in [0.1, 0.15) is 32.1 Å². The Morgan fingerprint density at radius 2 is 1.77 bits per heavy atom. The molecule has 2 aromatic rings. The summed E-state index contributed by atoms with van der Waals surface area (Å²) in [5.41, 5.74) is 1.86. The van der Waals surface area contributed by atoms with Gasteiger partial charge in [0.05, 0.1) is 0 Å². The van der Waals surface area contributed by atoms with Gasteiger partial charge >= 0.3 is 0 Å². The smallest absolute Gasteiger partial charge is 0.298 e. The Morgan fingerprint density at radius 3 is 2.65 bits per heavy atom. The first-order chi connectivity index (χ1) is 12.9. The van der Waals surface area contributed by atoms with E-state index in [2.05, 4.69) is 19.7 Å². The predicted octanol–water partition coefficient (Wildman–Crippen LogP) is 3.21. The molecule has 26 heavy (non-hydrogen) atoms. The number of fused-ring (bicyclic) bond motifs is 2.